The number of para-hydroxylation sites is 4. The summed E-state index contributed by atoms with van der Waals surface area (Å²) in [5.41, 5.74) is 8.44. The van der Waals surface area contributed by atoms with Crippen LogP contribution in [0.15, 0.2) is 120 Å². The highest BCUT2D eigenvalue weighted by molar-refractivity contribution is 6.24. The second-order valence-electron chi connectivity index (χ2n) is 8.88. The van der Waals surface area contributed by atoms with Gasteiger partial charge in [-0.3, -0.25) is 0 Å². The molecule has 0 aliphatic carbocycles. The zero-order valence-corrected chi connectivity index (χ0v) is 18.7. The van der Waals surface area contributed by atoms with Crippen molar-refractivity contribution in [3.8, 4) is 11.4 Å². The lowest BCUT2D eigenvalue weighted by Gasteiger charge is -2.12. The maximum absolute atomic E-state index is 5.92. The van der Waals surface area contributed by atoms with Crippen molar-refractivity contribution >= 4 is 54.7 Å². The van der Waals surface area contributed by atoms with Crippen LogP contribution in [0.25, 0.3) is 66.1 Å². The van der Waals surface area contributed by atoms with Gasteiger partial charge in [-0.2, -0.15) is 0 Å². The third kappa shape index (κ3) is 2.43. The van der Waals surface area contributed by atoms with E-state index < -0.39 is 0 Å². The van der Waals surface area contributed by atoms with Gasteiger partial charge in [0.2, 0.25) is 0 Å². The van der Waals surface area contributed by atoms with Crippen LogP contribution in [0.3, 0.4) is 0 Å². The predicted molar refractivity (Wildman–Crippen MR) is 143 cm³/mol. The number of oxazole rings is 1. The Morgan fingerprint density at radius 2 is 1.14 bits per heavy atom. The molecule has 5 aromatic carbocycles. The SMILES string of the molecule is c1ccc(-n2c3ccccc3c3ccc4c5ccccc5n(-c5cccc6ncoc56)c4c32)cc1. The van der Waals surface area contributed by atoms with Crippen LogP contribution in [-0.2, 0) is 0 Å². The minimum atomic E-state index is 0.787. The van der Waals surface area contributed by atoms with Crippen molar-refractivity contribution in [2.45, 2.75) is 0 Å². The first-order chi connectivity index (χ1) is 17.4. The molecule has 35 heavy (non-hydrogen) atoms. The van der Waals surface area contributed by atoms with Crippen molar-refractivity contribution in [2.75, 3.05) is 0 Å². The molecule has 0 aliphatic rings. The molecule has 0 bridgehead atoms. The Morgan fingerprint density at radius 1 is 0.514 bits per heavy atom. The highest BCUT2D eigenvalue weighted by atomic mass is 16.3. The zero-order chi connectivity index (χ0) is 22.9. The standard InChI is InChI=1S/C31H19N3O/c1-2-9-20(10-3-1)33-26-14-6-4-11-21(26)23-17-18-24-22-12-5-7-15-27(22)34(30(24)29(23)33)28-16-8-13-25-31(28)35-19-32-25/h1-19H. The molecule has 0 amide bonds. The number of hydrogen-bond donors (Lipinski definition) is 0. The average molecular weight is 450 g/mol. The van der Waals surface area contributed by atoms with Crippen LogP contribution in [0.2, 0.25) is 0 Å². The molecule has 0 radical (unpaired) electrons. The van der Waals surface area contributed by atoms with Gasteiger partial charge in [0.1, 0.15) is 5.52 Å². The van der Waals surface area contributed by atoms with E-state index in [1.54, 1.807) is 0 Å². The summed E-state index contributed by atoms with van der Waals surface area (Å²) >= 11 is 0. The summed E-state index contributed by atoms with van der Waals surface area (Å²) in [6.07, 6.45) is 1.53. The lowest BCUT2D eigenvalue weighted by atomic mass is 10.1. The smallest absolute Gasteiger partial charge is 0.182 e. The first kappa shape index (κ1) is 18.6. The summed E-state index contributed by atoms with van der Waals surface area (Å²) in [6.45, 7) is 0. The molecule has 0 aliphatic heterocycles. The van der Waals surface area contributed by atoms with Crippen molar-refractivity contribution < 1.29 is 4.42 Å². The Bertz CT molecular complexity index is 2060. The molecule has 0 saturated heterocycles. The highest BCUT2D eigenvalue weighted by Crippen LogP contribution is 2.42. The van der Waals surface area contributed by atoms with Crippen molar-refractivity contribution in [3.63, 3.8) is 0 Å². The van der Waals surface area contributed by atoms with Gasteiger partial charge < -0.3 is 13.6 Å². The van der Waals surface area contributed by atoms with Crippen LogP contribution in [0.1, 0.15) is 0 Å². The predicted octanol–water partition coefficient (Wildman–Crippen LogP) is 8.02. The van der Waals surface area contributed by atoms with Crippen LogP contribution in [0.4, 0.5) is 0 Å². The molecule has 4 heteroatoms. The van der Waals surface area contributed by atoms with E-state index in [9.17, 15) is 0 Å². The van der Waals surface area contributed by atoms with Crippen LogP contribution in [0, 0.1) is 0 Å². The van der Waals surface area contributed by atoms with Crippen LogP contribution in [-0.4, -0.2) is 14.1 Å². The zero-order valence-electron chi connectivity index (χ0n) is 18.7. The van der Waals surface area contributed by atoms with E-state index in [0.717, 1.165) is 33.5 Å². The molecule has 3 aromatic heterocycles. The summed E-state index contributed by atoms with van der Waals surface area (Å²) in [5.74, 6) is 0. The van der Waals surface area contributed by atoms with E-state index in [-0.39, 0.29) is 0 Å². The Morgan fingerprint density at radius 3 is 1.89 bits per heavy atom. The Balaban J connectivity index is 1.69. The molecule has 3 heterocycles. The molecule has 0 N–H and O–H groups in total. The second kappa shape index (κ2) is 6.84. The number of hydrogen-bond acceptors (Lipinski definition) is 2. The average Bonchev–Trinajstić information content (AvgIpc) is 3.61. The molecule has 4 nitrogen and oxygen atoms in total. The van der Waals surface area contributed by atoms with E-state index in [1.807, 2.05) is 12.1 Å². The summed E-state index contributed by atoms with van der Waals surface area (Å²) < 4.78 is 10.7. The Labute approximate surface area is 200 Å². The van der Waals surface area contributed by atoms with Crippen molar-refractivity contribution in [1.82, 2.24) is 14.1 Å². The highest BCUT2D eigenvalue weighted by Gasteiger charge is 2.22. The molecule has 0 atom stereocenters. The van der Waals surface area contributed by atoms with Gasteiger partial charge in [0.05, 0.1) is 27.8 Å². The molecular formula is C31H19N3O. The monoisotopic (exact) mass is 449 g/mol. The maximum Gasteiger partial charge on any atom is 0.182 e. The molecule has 0 fully saturated rings. The van der Waals surface area contributed by atoms with Gasteiger partial charge in [-0.1, -0.05) is 72.8 Å². The van der Waals surface area contributed by atoms with Crippen LogP contribution < -0.4 is 0 Å². The number of fused-ring (bicyclic) bond motifs is 8. The Hall–Kier alpha value is -4.83. The van der Waals surface area contributed by atoms with E-state index in [4.69, 9.17) is 4.42 Å². The summed E-state index contributed by atoms with van der Waals surface area (Å²) in [6, 6.07) is 38.6. The third-order valence-corrected chi connectivity index (χ3v) is 7.06. The van der Waals surface area contributed by atoms with E-state index >= 15 is 0 Å². The van der Waals surface area contributed by atoms with Crippen LogP contribution in [0.5, 0.6) is 0 Å². The maximum atomic E-state index is 5.92. The number of benzene rings is 5. The van der Waals surface area contributed by atoms with Gasteiger partial charge in [0.25, 0.3) is 0 Å². The second-order valence-corrected chi connectivity index (χ2v) is 8.88. The lowest BCUT2D eigenvalue weighted by molar-refractivity contribution is 0.600. The van der Waals surface area contributed by atoms with Gasteiger partial charge in [0, 0.05) is 27.2 Å². The van der Waals surface area contributed by atoms with Crippen molar-refractivity contribution in [1.29, 1.82) is 0 Å². The number of nitrogens with zero attached hydrogens (tertiary/aromatic N) is 3. The first-order valence-electron chi connectivity index (χ1n) is 11.7. The normalized spacial score (nSPS) is 12.0. The van der Waals surface area contributed by atoms with Gasteiger partial charge in [-0.15, -0.1) is 0 Å². The quantitative estimate of drug-likeness (QED) is 0.268. The van der Waals surface area contributed by atoms with Crippen molar-refractivity contribution in [2.24, 2.45) is 0 Å². The molecule has 8 aromatic rings. The lowest BCUT2D eigenvalue weighted by Crippen LogP contribution is -1.99. The summed E-state index contributed by atoms with van der Waals surface area (Å²) in [5, 5.41) is 4.89. The number of aromatic nitrogens is 3. The fourth-order valence-electron chi connectivity index (χ4n) is 5.64. The molecule has 0 unspecified atom stereocenters. The minimum absolute atomic E-state index is 0.787. The van der Waals surface area contributed by atoms with E-state index in [1.165, 1.54) is 39.0 Å². The van der Waals surface area contributed by atoms with Gasteiger partial charge in [-0.25, -0.2) is 4.98 Å². The largest absolute Gasteiger partial charge is 0.441 e. The van der Waals surface area contributed by atoms with E-state index in [2.05, 4.69) is 111 Å². The molecule has 0 saturated carbocycles. The molecule has 164 valence electrons. The van der Waals surface area contributed by atoms with Crippen molar-refractivity contribution in [3.05, 3.63) is 116 Å². The van der Waals surface area contributed by atoms with E-state index in [0.29, 0.717) is 0 Å². The van der Waals surface area contributed by atoms with Gasteiger partial charge in [0.15, 0.2) is 12.0 Å². The first-order valence-corrected chi connectivity index (χ1v) is 11.7. The topological polar surface area (TPSA) is 35.9 Å². The fraction of sp³-hybridized carbons (Fsp3) is 0. The molecule has 8 rings (SSSR count). The molecule has 0 spiro atoms. The summed E-state index contributed by atoms with van der Waals surface area (Å²) in [4.78, 5) is 4.43. The van der Waals surface area contributed by atoms with Gasteiger partial charge >= 0.3 is 0 Å². The number of rotatable bonds is 2. The molecular weight excluding hydrogens is 430 g/mol. The summed E-state index contributed by atoms with van der Waals surface area (Å²) in [7, 11) is 0. The van der Waals surface area contributed by atoms with Crippen LogP contribution >= 0.6 is 0 Å². The Kier molecular flexibility index (Phi) is 3.63. The third-order valence-electron chi connectivity index (χ3n) is 7.06. The fourth-order valence-corrected chi connectivity index (χ4v) is 5.64. The minimum Gasteiger partial charge on any atom is -0.441 e. The van der Waals surface area contributed by atoms with Gasteiger partial charge in [-0.05, 0) is 36.4 Å².